The lowest BCUT2D eigenvalue weighted by molar-refractivity contribution is -0.157. The maximum absolute atomic E-state index is 11.2. The van der Waals surface area contributed by atoms with Crippen molar-refractivity contribution >= 4 is 5.97 Å². The van der Waals surface area contributed by atoms with E-state index in [9.17, 15) is 9.90 Å². The van der Waals surface area contributed by atoms with Gasteiger partial charge < -0.3 is 5.11 Å². The molecule has 2 aliphatic rings. The zero-order valence-electron chi connectivity index (χ0n) is 8.12. The van der Waals surface area contributed by atoms with E-state index in [1.807, 2.05) is 0 Å². The smallest absolute Gasteiger partial charge is 0.310 e. The molecule has 0 aromatic carbocycles. The first-order chi connectivity index (χ1) is 6.14. The summed E-state index contributed by atoms with van der Waals surface area (Å²) in [7, 11) is 0. The van der Waals surface area contributed by atoms with Crippen molar-refractivity contribution in [2.24, 2.45) is 5.41 Å². The SMILES string of the molecule is CC1CCC2(C(=O)O)CCCN1C2. The average Bonchev–Trinajstić information content (AvgIpc) is 2.13. The standard InChI is InChI=1S/C10H17NO2/c1-8-3-5-10(9(12)13)4-2-6-11(8)7-10/h8H,2-7H2,1H3,(H,12,13). The van der Waals surface area contributed by atoms with Gasteiger partial charge in [0, 0.05) is 12.6 Å². The number of nitrogens with zero attached hydrogens (tertiary/aromatic N) is 1. The van der Waals surface area contributed by atoms with Crippen LogP contribution in [0.2, 0.25) is 0 Å². The Morgan fingerprint density at radius 2 is 2.31 bits per heavy atom. The number of rotatable bonds is 1. The fourth-order valence-corrected chi connectivity index (χ4v) is 2.70. The Hall–Kier alpha value is -0.570. The van der Waals surface area contributed by atoms with Gasteiger partial charge in [-0.2, -0.15) is 0 Å². The van der Waals surface area contributed by atoms with Crippen molar-refractivity contribution in [3.8, 4) is 0 Å². The molecule has 0 aliphatic carbocycles. The van der Waals surface area contributed by atoms with Crippen LogP contribution in [0.1, 0.15) is 32.6 Å². The molecule has 0 aromatic rings. The number of hydrogen-bond acceptors (Lipinski definition) is 2. The van der Waals surface area contributed by atoms with Crippen molar-refractivity contribution in [2.45, 2.75) is 38.6 Å². The highest BCUT2D eigenvalue weighted by atomic mass is 16.4. The summed E-state index contributed by atoms with van der Waals surface area (Å²) in [5, 5.41) is 9.20. The maximum Gasteiger partial charge on any atom is 0.310 e. The first-order valence-electron chi connectivity index (χ1n) is 5.11. The second-order valence-corrected chi connectivity index (χ2v) is 4.55. The van der Waals surface area contributed by atoms with Gasteiger partial charge >= 0.3 is 5.97 Å². The minimum absolute atomic E-state index is 0.398. The summed E-state index contributed by atoms with van der Waals surface area (Å²) in [6.45, 7) is 4.08. The number of carboxylic acids is 1. The van der Waals surface area contributed by atoms with Gasteiger partial charge in [0.1, 0.15) is 0 Å². The third-order valence-corrected chi connectivity index (χ3v) is 3.72. The highest BCUT2D eigenvalue weighted by Crippen LogP contribution is 2.40. The van der Waals surface area contributed by atoms with Crippen LogP contribution in [0.25, 0.3) is 0 Å². The number of carbonyl (C=O) groups is 1. The summed E-state index contributed by atoms with van der Waals surface area (Å²) in [6.07, 6.45) is 3.86. The highest BCUT2D eigenvalue weighted by molar-refractivity contribution is 5.75. The maximum atomic E-state index is 11.2. The lowest BCUT2D eigenvalue weighted by Crippen LogP contribution is -2.54. The largest absolute Gasteiger partial charge is 0.481 e. The van der Waals surface area contributed by atoms with Gasteiger partial charge in [0.2, 0.25) is 0 Å². The Morgan fingerprint density at radius 1 is 1.54 bits per heavy atom. The molecule has 0 spiro atoms. The van der Waals surface area contributed by atoms with Crippen molar-refractivity contribution < 1.29 is 9.90 Å². The fourth-order valence-electron chi connectivity index (χ4n) is 2.70. The Balaban J connectivity index is 2.18. The molecule has 2 rings (SSSR count). The molecular weight excluding hydrogens is 166 g/mol. The molecule has 2 heterocycles. The molecule has 2 fully saturated rings. The van der Waals surface area contributed by atoms with E-state index in [-0.39, 0.29) is 0 Å². The third kappa shape index (κ3) is 1.35. The zero-order valence-corrected chi connectivity index (χ0v) is 8.12. The van der Waals surface area contributed by atoms with E-state index in [1.54, 1.807) is 0 Å². The van der Waals surface area contributed by atoms with Crippen LogP contribution < -0.4 is 0 Å². The topological polar surface area (TPSA) is 40.5 Å². The van der Waals surface area contributed by atoms with E-state index in [1.165, 1.54) is 0 Å². The monoisotopic (exact) mass is 183 g/mol. The van der Waals surface area contributed by atoms with Gasteiger partial charge in [-0.3, -0.25) is 9.69 Å². The molecule has 0 aromatic heterocycles. The second kappa shape index (κ2) is 2.98. The van der Waals surface area contributed by atoms with E-state index in [4.69, 9.17) is 0 Å². The molecule has 0 radical (unpaired) electrons. The zero-order chi connectivity index (χ0) is 9.47. The number of piperidine rings is 2. The molecule has 74 valence electrons. The van der Waals surface area contributed by atoms with Crippen LogP contribution in [0.3, 0.4) is 0 Å². The summed E-state index contributed by atoms with van der Waals surface area (Å²) in [5.41, 5.74) is -0.398. The van der Waals surface area contributed by atoms with Crippen LogP contribution in [0.5, 0.6) is 0 Å². The van der Waals surface area contributed by atoms with Crippen LogP contribution in [0.15, 0.2) is 0 Å². The van der Waals surface area contributed by atoms with E-state index in [2.05, 4.69) is 11.8 Å². The van der Waals surface area contributed by atoms with Gasteiger partial charge in [0.15, 0.2) is 0 Å². The predicted molar refractivity (Wildman–Crippen MR) is 49.6 cm³/mol. The molecule has 2 bridgehead atoms. The Labute approximate surface area is 78.7 Å². The van der Waals surface area contributed by atoms with Crippen molar-refractivity contribution in [3.05, 3.63) is 0 Å². The summed E-state index contributed by atoms with van der Waals surface area (Å²) in [5.74, 6) is -0.580. The van der Waals surface area contributed by atoms with Gasteiger partial charge in [0.05, 0.1) is 5.41 Å². The first kappa shape index (κ1) is 9.00. The molecule has 2 saturated heterocycles. The lowest BCUT2D eigenvalue weighted by Gasteiger charge is -2.47. The third-order valence-electron chi connectivity index (χ3n) is 3.72. The van der Waals surface area contributed by atoms with Crippen molar-refractivity contribution in [2.75, 3.05) is 13.1 Å². The minimum atomic E-state index is -0.580. The Morgan fingerprint density at radius 3 is 3.00 bits per heavy atom. The summed E-state index contributed by atoms with van der Waals surface area (Å²) in [6, 6.07) is 0.591. The molecule has 0 amide bonds. The van der Waals surface area contributed by atoms with Crippen LogP contribution in [-0.4, -0.2) is 35.1 Å². The van der Waals surface area contributed by atoms with E-state index in [0.717, 1.165) is 38.8 Å². The summed E-state index contributed by atoms with van der Waals surface area (Å²) >= 11 is 0. The highest BCUT2D eigenvalue weighted by Gasteiger charge is 2.46. The van der Waals surface area contributed by atoms with E-state index in [0.29, 0.717) is 6.04 Å². The lowest BCUT2D eigenvalue weighted by atomic mass is 9.72. The van der Waals surface area contributed by atoms with Crippen molar-refractivity contribution in [1.29, 1.82) is 0 Å². The van der Waals surface area contributed by atoms with Gasteiger partial charge in [-0.15, -0.1) is 0 Å². The Kier molecular flexibility index (Phi) is 2.06. The molecule has 3 nitrogen and oxygen atoms in total. The van der Waals surface area contributed by atoms with Crippen LogP contribution in [0, 0.1) is 5.41 Å². The molecule has 3 unspecified atom stereocenters. The summed E-state index contributed by atoms with van der Waals surface area (Å²) in [4.78, 5) is 13.5. The number of aliphatic carboxylic acids is 1. The molecule has 0 saturated carbocycles. The van der Waals surface area contributed by atoms with Gasteiger partial charge in [0.25, 0.3) is 0 Å². The van der Waals surface area contributed by atoms with Gasteiger partial charge in [-0.1, -0.05) is 0 Å². The molecule has 2 aliphatic heterocycles. The van der Waals surface area contributed by atoms with Gasteiger partial charge in [-0.25, -0.2) is 0 Å². The molecule has 1 N–H and O–H groups in total. The number of carboxylic acid groups (broad SMARTS) is 1. The van der Waals surface area contributed by atoms with Crippen LogP contribution >= 0.6 is 0 Å². The number of hydrogen-bond donors (Lipinski definition) is 1. The Bertz CT molecular complexity index is 229. The molecular formula is C10H17NO2. The average molecular weight is 183 g/mol. The van der Waals surface area contributed by atoms with E-state index < -0.39 is 11.4 Å². The van der Waals surface area contributed by atoms with Gasteiger partial charge in [-0.05, 0) is 39.2 Å². The van der Waals surface area contributed by atoms with Crippen LogP contribution in [0.4, 0.5) is 0 Å². The first-order valence-corrected chi connectivity index (χ1v) is 5.11. The van der Waals surface area contributed by atoms with Crippen LogP contribution in [-0.2, 0) is 4.79 Å². The molecule has 3 atom stereocenters. The van der Waals surface area contributed by atoms with Crippen molar-refractivity contribution in [1.82, 2.24) is 4.90 Å². The van der Waals surface area contributed by atoms with E-state index >= 15 is 0 Å². The quantitative estimate of drug-likeness (QED) is 0.666. The second-order valence-electron chi connectivity index (χ2n) is 4.55. The fraction of sp³-hybridized carbons (Fsp3) is 0.900. The molecule has 13 heavy (non-hydrogen) atoms. The van der Waals surface area contributed by atoms with Crippen molar-refractivity contribution in [3.63, 3.8) is 0 Å². The number of fused-ring (bicyclic) bond motifs is 2. The minimum Gasteiger partial charge on any atom is -0.481 e. The predicted octanol–water partition coefficient (Wildman–Crippen LogP) is 1.34. The summed E-state index contributed by atoms with van der Waals surface area (Å²) < 4.78 is 0. The normalized spacial score (nSPS) is 44.4. The molecule has 3 heteroatoms.